The maximum Gasteiger partial charge on any atom is 0.500 e. The quantitative estimate of drug-likeness (QED) is 0.0742. The molecule has 0 fully saturated rings. The molecule has 0 saturated heterocycles. The molecule has 0 bridgehead atoms. The van der Waals surface area contributed by atoms with Crippen LogP contribution in [0.1, 0.15) is 162 Å². The Labute approximate surface area is 228 Å². The lowest BCUT2D eigenvalue weighted by Crippen LogP contribution is -2.43. The van der Waals surface area contributed by atoms with Gasteiger partial charge in [-0.3, -0.25) is 0 Å². The first kappa shape index (κ1) is 36.1. The van der Waals surface area contributed by atoms with Gasteiger partial charge in [-0.2, -0.15) is 0 Å². The van der Waals surface area contributed by atoms with E-state index in [9.17, 15) is 0 Å². The van der Waals surface area contributed by atoms with E-state index in [1.54, 1.807) is 21.3 Å². The number of nitrogens with one attached hydrogen (secondary N) is 1. The summed E-state index contributed by atoms with van der Waals surface area (Å²) in [5.41, 5.74) is 0. The molecular formula is C31H67NO3Si. The van der Waals surface area contributed by atoms with Crippen LogP contribution in [0.3, 0.4) is 0 Å². The number of hydrogen-bond donors (Lipinski definition) is 1. The highest BCUT2D eigenvalue weighted by atomic mass is 28.4. The predicted molar refractivity (Wildman–Crippen MR) is 161 cm³/mol. The maximum absolute atomic E-state index is 5.59. The van der Waals surface area contributed by atoms with Crippen molar-refractivity contribution in [2.45, 2.75) is 174 Å². The molecule has 0 aromatic rings. The molecule has 0 atom stereocenters. The zero-order valence-electron chi connectivity index (χ0n) is 25.5. The zero-order chi connectivity index (χ0) is 26.6. The summed E-state index contributed by atoms with van der Waals surface area (Å²) in [7, 11) is 2.70. The van der Waals surface area contributed by atoms with Crippen LogP contribution in [-0.4, -0.2) is 42.7 Å². The lowest BCUT2D eigenvalue weighted by molar-refractivity contribution is 0.123. The van der Waals surface area contributed by atoms with Crippen LogP contribution in [0.5, 0.6) is 0 Å². The van der Waals surface area contributed by atoms with Crippen LogP contribution in [-0.2, 0) is 13.3 Å². The van der Waals surface area contributed by atoms with Crippen LogP contribution in [0.4, 0.5) is 0 Å². The Balaban J connectivity index is 4.09. The molecule has 0 aromatic carbocycles. The summed E-state index contributed by atoms with van der Waals surface area (Å²) in [5, 5.41) is 3.88. The van der Waals surface area contributed by atoms with Gasteiger partial charge in [0.1, 0.15) is 0 Å². The first-order chi connectivity index (χ1) is 17.7. The monoisotopic (exact) mass is 529 g/mol. The Kier molecular flexibility index (Phi) is 28.1. The van der Waals surface area contributed by atoms with Crippen LogP contribution in [0.2, 0.25) is 6.04 Å². The van der Waals surface area contributed by atoms with Crippen molar-refractivity contribution in [1.82, 2.24) is 5.32 Å². The van der Waals surface area contributed by atoms with Crippen molar-refractivity contribution in [2.24, 2.45) is 0 Å². The van der Waals surface area contributed by atoms with Gasteiger partial charge < -0.3 is 18.6 Å². The van der Waals surface area contributed by atoms with Crippen LogP contribution < -0.4 is 5.32 Å². The third kappa shape index (κ3) is 22.1. The SMILES string of the molecule is CCCCCCCCCCCCC(CCCCCCCCCCCC)NCCC[Si](OC)(OC)OC. The fourth-order valence-corrected chi connectivity index (χ4v) is 6.99. The van der Waals surface area contributed by atoms with Crippen LogP contribution in [0, 0.1) is 0 Å². The predicted octanol–water partition coefficient (Wildman–Crippen LogP) is 9.83. The molecule has 0 aromatic heterocycles. The molecule has 0 aliphatic carbocycles. The summed E-state index contributed by atoms with van der Waals surface area (Å²) < 4.78 is 16.8. The van der Waals surface area contributed by atoms with E-state index in [2.05, 4.69) is 19.2 Å². The van der Waals surface area contributed by atoms with Crippen molar-refractivity contribution >= 4 is 8.80 Å². The van der Waals surface area contributed by atoms with E-state index in [1.807, 2.05) is 0 Å². The summed E-state index contributed by atoms with van der Waals surface area (Å²) in [6.45, 7) is 5.63. The Morgan fingerprint density at radius 3 is 1.14 bits per heavy atom. The van der Waals surface area contributed by atoms with Gasteiger partial charge in [-0.15, -0.1) is 0 Å². The molecule has 0 rings (SSSR count). The second kappa shape index (κ2) is 28.1. The van der Waals surface area contributed by atoms with E-state index in [4.69, 9.17) is 13.3 Å². The van der Waals surface area contributed by atoms with Gasteiger partial charge in [-0.05, 0) is 25.8 Å². The minimum atomic E-state index is -2.44. The summed E-state index contributed by atoms with van der Waals surface area (Å²) in [6.07, 6.45) is 32.0. The van der Waals surface area contributed by atoms with Gasteiger partial charge >= 0.3 is 8.80 Å². The largest absolute Gasteiger partial charge is 0.500 e. The topological polar surface area (TPSA) is 39.7 Å². The molecule has 0 spiro atoms. The third-order valence-corrected chi connectivity index (χ3v) is 10.7. The fourth-order valence-electron chi connectivity index (χ4n) is 5.27. The molecule has 0 radical (unpaired) electrons. The van der Waals surface area contributed by atoms with Crippen LogP contribution >= 0.6 is 0 Å². The van der Waals surface area contributed by atoms with Gasteiger partial charge in [-0.25, -0.2) is 0 Å². The van der Waals surface area contributed by atoms with Crippen molar-refractivity contribution in [1.29, 1.82) is 0 Å². The Hall–Kier alpha value is 0.0569. The molecule has 0 unspecified atom stereocenters. The lowest BCUT2D eigenvalue weighted by atomic mass is 9.99. The zero-order valence-corrected chi connectivity index (χ0v) is 26.5. The number of rotatable bonds is 30. The summed E-state index contributed by atoms with van der Waals surface area (Å²) in [6, 6.07) is 1.55. The van der Waals surface area contributed by atoms with E-state index in [0.29, 0.717) is 6.04 Å². The highest BCUT2D eigenvalue weighted by molar-refractivity contribution is 6.60. The maximum atomic E-state index is 5.59. The molecule has 5 heteroatoms. The summed E-state index contributed by atoms with van der Waals surface area (Å²) in [5.74, 6) is 0. The van der Waals surface area contributed by atoms with Crippen molar-refractivity contribution in [3.05, 3.63) is 0 Å². The summed E-state index contributed by atoms with van der Waals surface area (Å²) >= 11 is 0. The van der Waals surface area contributed by atoms with E-state index in [-0.39, 0.29) is 0 Å². The standard InChI is InChI=1S/C31H67NO3Si/c1-6-8-10-12-14-16-18-20-22-24-27-31(32-29-26-30-36(33-3,34-4)35-5)28-25-23-21-19-17-15-13-11-9-7-2/h31-32H,6-30H2,1-5H3. The number of hydrogen-bond acceptors (Lipinski definition) is 4. The molecule has 0 amide bonds. The molecule has 0 saturated carbocycles. The molecule has 0 aliphatic heterocycles. The normalized spacial score (nSPS) is 12.2. The number of unbranched alkanes of at least 4 members (excludes halogenated alkanes) is 18. The first-order valence-electron chi connectivity index (χ1n) is 16.1. The molecule has 0 aliphatic rings. The Morgan fingerprint density at radius 1 is 0.472 bits per heavy atom. The average molecular weight is 530 g/mol. The van der Waals surface area contributed by atoms with E-state index in [1.165, 1.54) is 141 Å². The van der Waals surface area contributed by atoms with Crippen LogP contribution in [0.25, 0.3) is 0 Å². The molecule has 218 valence electrons. The third-order valence-electron chi connectivity index (χ3n) is 7.84. The molecule has 36 heavy (non-hydrogen) atoms. The van der Waals surface area contributed by atoms with Gasteiger partial charge in [0, 0.05) is 33.4 Å². The first-order valence-corrected chi connectivity index (χ1v) is 18.0. The van der Waals surface area contributed by atoms with Gasteiger partial charge in [0.15, 0.2) is 0 Å². The Bertz CT molecular complexity index is 388. The summed E-state index contributed by atoms with van der Waals surface area (Å²) in [4.78, 5) is 0. The smallest absolute Gasteiger partial charge is 0.377 e. The van der Waals surface area contributed by atoms with E-state index in [0.717, 1.165) is 19.0 Å². The van der Waals surface area contributed by atoms with Crippen molar-refractivity contribution < 1.29 is 13.3 Å². The van der Waals surface area contributed by atoms with Crippen molar-refractivity contribution in [3.63, 3.8) is 0 Å². The van der Waals surface area contributed by atoms with E-state index >= 15 is 0 Å². The van der Waals surface area contributed by atoms with Gasteiger partial charge in [0.05, 0.1) is 0 Å². The van der Waals surface area contributed by atoms with Gasteiger partial charge in [-0.1, -0.05) is 142 Å². The van der Waals surface area contributed by atoms with Crippen molar-refractivity contribution in [3.8, 4) is 0 Å². The highest BCUT2D eigenvalue weighted by Gasteiger charge is 2.36. The second-order valence-electron chi connectivity index (χ2n) is 11.0. The molecule has 1 N–H and O–H groups in total. The molecule has 4 nitrogen and oxygen atoms in total. The fraction of sp³-hybridized carbons (Fsp3) is 1.00. The van der Waals surface area contributed by atoms with Crippen molar-refractivity contribution in [2.75, 3.05) is 27.9 Å². The lowest BCUT2D eigenvalue weighted by Gasteiger charge is -2.25. The Morgan fingerprint density at radius 2 is 0.806 bits per heavy atom. The molecular weight excluding hydrogens is 462 g/mol. The van der Waals surface area contributed by atoms with E-state index < -0.39 is 8.80 Å². The average Bonchev–Trinajstić information content (AvgIpc) is 2.90. The molecule has 0 heterocycles. The van der Waals surface area contributed by atoms with Gasteiger partial charge in [0.25, 0.3) is 0 Å². The van der Waals surface area contributed by atoms with Crippen LogP contribution in [0.15, 0.2) is 0 Å². The minimum Gasteiger partial charge on any atom is -0.377 e. The second-order valence-corrected chi connectivity index (χ2v) is 14.1. The minimum absolute atomic E-state index is 0.664. The highest BCUT2D eigenvalue weighted by Crippen LogP contribution is 2.18. The van der Waals surface area contributed by atoms with Gasteiger partial charge in [0.2, 0.25) is 0 Å².